The summed E-state index contributed by atoms with van der Waals surface area (Å²) in [4.78, 5) is 2.52. The molecule has 1 unspecified atom stereocenters. The van der Waals surface area contributed by atoms with E-state index in [0.717, 1.165) is 32.7 Å². The molecule has 1 radical (unpaired) electrons. The van der Waals surface area contributed by atoms with E-state index in [9.17, 15) is 0 Å². The summed E-state index contributed by atoms with van der Waals surface area (Å²) in [6.07, 6.45) is 2.37. The predicted molar refractivity (Wildman–Crippen MR) is 65.5 cm³/mol. The van der Waals surface area contributed by atoms with Gasteiger partial charge >= 0.3 is 0 Å². The highest BCUT2D eigenvalue weighted by atomic mass is 16.5. The maximum Gasteiger partial charge on any atom is 0.0594 e. The Hall–Kier alpha value is -0.860. The molecule has 1 heterocycles. The minimum Gasteiger partial charge on any atom is -0.379 e. The van der Waals surface area contributed by atoms with Crippen molar-refractivity contribution in [2.75, 3.05) is 26.3 Å². The van der Waals surface area contributed by atoms with E-state index in [4.69, 9.17) is 4.74 Å². The van der Waals surface area contributed by atoms with Gasteiger partial charge in [-0.2, -0.15) is 0 Å². The Labute approximate surface area is 98.2 Å². The summed E-state index contributed by atoms with van der Waals surface area (Å²) in [6.45, 7) is 6.27. The summed E-state index contributed by atoms with van der Waals surface area (Å²) in [7, 11) is 0. The second-order valence-corrected chi connectivity index (χ2v) is 4.45. The summed E-state index contributed by atoms with van der Waals surface area (Å²) in [5, 5.41) is 0. The third kappa shape index (κ3) is 3.32. The molecular weight excluding hydrogens is 198 g/mol. The van der Waals surface area contributed by atoms with Crippen molar-refractivity contribution in [3.8, 4) is 0 Å². The van der Waals surface area contributed by atoms with Gasteiger partial charge in [0.25, 0.3) is 0 Å². The molecular formula is C14H20NO. The first-order valence-corrected chi connectivity index (χ1v) is 6.13. The lowest BCUT2D eigenvalue weighted by molar-refractivity contribution is 0.0187. The molecule has 2 nitrogen and oxygen atoms in total. The quantitative estimate of drug-likeness (QED) is 0.767. The SMILES string of the molecule is CC(CCc1c[c]ccc1)N1CCOCC1. The highest BCUT2D eigenvalue weighted by Gasteiger charge is 2.16. The summed E-state index contributed by atoms with van der Waals surface area (Å²) >= 11 is 0. The van der Waals surface area contributed by atoms with Crippen molar-refractivity contribution in [3.05, 3.63) is 35.9 Å². The Bertz CT molecular complexity index is 293. The molecule has 1 aromatic rings. The summed E-state index contributed by atoms with van der Waals surface area (Å²) in [5.41, 5.74) is 1.39. The van der Waals surface area contributed by atoms with Crippen LogP contribution in [0.3, 0.4) is 0 Å². The minimum atomic E-state index is 0.657. The number of aryl methyl sites for hydroxylation is 1. The Morgan fingerprint density at radius 3 is 2.94 bits per heavy atom. The van der Waals surface area contributed by atoms with Crippen molar-refractivity contribution >= 4 is 0 Å². The van der Waals surface area contributed by atoms with Gasteiger partial charge in [-0.1, -0.05) is 24.3 Å². The molecule has 87 valence electrons. The lowest BCUT2D eigenvalue weighted by atomic mass is 10.1. The van der Waals surface area contributed by atoms with Gasteiger partial charge in [0.15, 0.2) is 0 Å². The van der Waals surface area contributed by atoms with Gasteiger partial charge in [-0.05, 0) is 31.4 Å². The van der Waals surface area contributed by atoms with E-state index in [0.29, 0.717) is 6.04 Å². The van der Waals surface area contributed by atoms with Crippen LogP contribution in [0.4, 0.5) is 0 Å². The average Bonchev–Trinajstić information content (AvgIpc) is 2.38. The van der Waals surface area contributed by atoms with E-state index in [2.05, 4.69) is 36.1 Å². The monoisotopic (exact) mass is 218 g/mol. The Kier molecular flexibility index (Phi) is 4.37. The van der Waals surface area contributed by atoms with Crippen molar-refractivity contribution in [1.29, 1.82) is 0 Å². The molecule has 0 spiro atoms. The van der Waals surface area contributed by atoms with Crippen molar-refractivity contribution in [2.24, 2.45) is 0 Å². The first-order valence-electron chi connectivity index (χ1n) is 6.13. The third-order valence-corrected chi connectivity index (χ3v) is 3.29. The molecule has 1 atom stereocenters. The van der Waals surface area contributed by atoms with Crippen molar-refractivity contribution in [3.63, 3.8) is 0 Å². The smallest absolute Gasteiger partial charge is 0.0594 e. The molecule has 1 saturated heterocycles. The maximum atomic E-state index is 5.37. The molecule has 0 amide bonds. The van der Waals surface area contributed by atoms with E-state index in [-0.39, 0.29) is 0 Å². The van der Waals surface area contributed by atoms with Crippen LogP contribution in [0.1, 0.15) is 18.9 Å². The molecule has 0 saturated carbocycles. The molecule has 1 aliphatic heterocycles. The van der Waals surface area contributed by atoms with E-state index >= 15 is 0 Å². The molecule has 2 heteroatoms. The van der Waals surface area contributed by atoms with Crippen LogP contribution in [0.15, 0.2) is 24.3 Å². The van der Waals surface area contributed by atoms with Crippen LogP contribution in [-0.2, 0) is 11.2 Å². The highest BCUT2D eigenvalue weighted by Crippen LogP contribution is 2.11. The zero-order valence-corrected chi connectivity index (χ0v) is 9.98. The molecule has 0 N–H and O–H groups in total. The minimum absolute atomic E-state index is 0.657. The Morgan fingerprint density at radius 2 is 2.25 bits per heavy atom. The fourth-order valence-electron chi connectivity index (χ4n) is 2.16. The van der Waals surface area contributed by atoms with E-state index in [1.165, 1.54) is 12.0 Å². The van der Waals surface area contributed by atoms with Gasteiger partial charge in [-0.25, -0.2) is 0 Å². The predicted octanol–water partition coefficient (Wildman–Crippen LogP) is 2.14. The first-order chi connectivity index (χ1) is 7.86. The molecule has 16 heavy (non-hydrogen) atoms. The molecule has 0 aromatic heterocycles. The van der Waals surface area contributed by atoms with Gasteiger partial charge in [-0.3, -0.25) is 4.90 Å². The zero-order chi connectivity index (χ0) is 11.2. The lowest BCUT2D eigenvalue weighted by Crippen LogP contribution is -2.42. The van der Waals surface area contributed by atoms with Crippen LogP contribution >= 0.6 is 0 Å². The number of rotatable bonds is 4. The van der Waals surface area contributed by atoms with Gasteiger partial charge < -0.3 is 4.74 Å². The van der Waals surface area contributed by atoms with Crippen LogP contribution in [-0.4, -0.2) is 37.2 Å². The van der Waals surface area contributed by atoms with Crippen LogP contribution in [0.25, 0.3) is 0 Å². The fraction of sp³-hybridized carbons (Fsp3) is 0.571. The number of hydrogen-bond acceptors (Lipinski definition) is 2. The molecule has 0 aliphatic carbocycles. The van der Waals surface area contributed by atoms with Crippen molar-refractivity contribution in [1.82, 2.24) is 4.90 Å². The van der Waals surface area contributed by atoms with Gasteiger partial charge in [0.2, 0.25) is 0 Å². The molecule has 1 aromatic carbocycles. The number of nitrogens with zero attached hydrogens (tertiary/aromatic N) is 1. The summed E-state index contributed by atoms with van der Waals surface area (Å²) < 4.78 is 5.37. The highest BCUT2D eigenvalue weighted by molar-refractivity contribution is 5.13. The Morgan fingerprint density at radius 1 is 1.44 bits per heavy atom. The van der Waals surface area contributed by atoms with Gasteiger partial charge in [0.1, 0.15) is 0 Å². The van der Waals surface area contributed by atoms with Crippen LogP contribution in [0, 0.1) is 6.07 Å². The van der Waals surface area contributed by atoms with Gasteiger partial charge in [0, 0.05) is 19.1 Å². The van der Waals surface area contributed by atoms with E-state index in [1.807, 2.05) is 6.07 Å². The van der Waals surface area contributed by atoms with E-state index in [1.54, 1.807) is 0 Å². The molecule has 0 bridgehead atoms. The second kappa shape index (κ2) is 6.02. The maximum absolute atomic E-state index is 5.37. The molecule has 1 aliphatic rings. The van der Waals surface area contributed by atoms with Gasteiger partial charge in [-0.15, -0.1) is 0 Å². The third-order valence-electron chi connectivity index (χ3n) is 3.29. The summed E-state index contributed by atoms with van der Waals surface area (Å²) in [6, 6.07) is 12.1. The molecule has 1 fully saturated rings. The standard InChI is InChI=1S/C14H20NO/c1-13(15-9-11-16-12-10-15)7-8-14-5-3-2-4-6-14/h2-3,5-6,13H,7-12H2,1H3. The summed E-state index contributed by atoms with van der Waals surface area (Å²) in [5.74, 6) is 0. The lowest BCUT2D eigenvalue weighted by Gasteiger charge is -2.32. The van der Waals surface area contributed by atoms with Crippen molar-refractivity contribution in [2.45, 2.75) is 25.8 Å². The average molecular weight is 218 g/mol. The fourth-order valence-corrected chi connectivity index (χ4v) is 2.16. The second-order valence-electron chi connectivity index (χ2n) is 4.45. The zero-order valence-electron chi connectivity index (χ0n) is 9.98. The largest absolute Gasteiger partial charge is 0.379 e. The normalized spacial score (nSPS) is 19.6. The number of hydrogen-bond donors (Lipinski definition) is 0. The number of benzene rings is 1. The Balaban J connectivity index is 1.76. The number of ether oxygens (including phenoxy) is 1. The van der Waals surface area contributed by atoms with Crippen LogP contribution < -0.4 is 0 Å². The van der Waals surface area contributed by atoms with E-state index < -0.39 is 0 Å². The number of morpholine rings is 1. The topological polar surface area (TPSA) is 12.5 Å². The first kappa shape index (κ1) is 11.6. The van der Waals surface area contributed by atoms with Crippen LogP contribution in [0.2, 0.25) is 0 Å². The van der Waals surface area contributed by atoms with Gasteiger partial charge in [0.05, 0.1) is 13.2 Å². The van der Waals surface area contributed by atoms with Crippen molar-refractivity contribution < 1.29 is 4.74 Å². The van der Waals surface area contributed by atoms with Crippen LogP contribution in [0.5, 0.6) is 0 Å². The molecule has 2 rings (SSSR count).